The second kappa shape index (κ2) is 4.56. The molecule has 2 heteroatoms. The molecule has 1 aliphatic rings. The van der Waals surface area contributed by atoms with Gasteiger partial charge in [-0.2, -0.15) is 0 Å². The highest BCUT2D eigenvalue weighted by molar-refractivity contribution is 5.99. The molecule has 0 aromatic heterocycles. The second-order valence-corrected chi connectivity index (χ2v) is 3.76. The monoisotopic (exact) mass is 182 g/mol. The van der Waals surface area contributed by atoms with Gasteiger partial charge in [-0.3, -0.25) is 4.79 Å². The van der Waals surface area contributed by atoms with E-state index in [0.717, 1.165) is 24.0 Å². The van der Waals surface area contributed by atoms with Crippen molar-refractivity contribution >= 4 is 5.78 Å². The highest BCUT2D eigenvalue weighted by atomic mass is 16.3. The Hall–Kier alpha value is -0.630. The summed E-state index contributed by atoms with van der Waals surface area (Å²) in [5, 5.41) is 9.42. The highest BCUT2D eigenvalue weighted by Gasteiger charge is 2.26. The first-order chi connectivity index (χ1) is 6.16. The van der Waals surface area contributed by atoms with Gasteiger partial charge in [0.1, 0.15) is 0 Å². The van der Waals surface area contributed by atoms with Gasteiger partial charge in [0.25, 0.3) is 0 Å². The number of hydrogen-bond donors (Lipinski definition) is 1. The Balaban J connectivity index is 2.51. The van der Waals surface area contributed by atoms with Gasteiger partial charge in [-0.05, 0) is 30.9 Å². The standard InChI is InChI=1S/C11H18O2/c1-3-4-5-6-9-8(2)10(12)7-11(9)13/h10,12H,3-7H2,1-2H3/t10-/m1/s1. The van der Waals surface area contributed by atoms with Crippen molar-refractivity contribution in [3.05, 3.63) is 11.1 Å². The third-order valence-electron chi connectivity index (χ3n) is 2.72. The van der Waals surface area contributed by atoms with Crippen molar-refractivity contribution in [1.82, 2.24) is 0 Å². The number of carbonyl (C=O) groups excluding carboxylic acids is 1. The summed E-state index contributed by atoms with van der Waals surface area (Å²) in [7, 11) is 0. The van der Waals surface area contributed by atoms with E-state index in [1.165, 1.54) is 12.8 Å². The number of hydrogen-bond acceptors (Lipinski definition) is 2. The SMILES string of the molecule is CCCCCC1=C(C)[C@H](O)CC1=O. The minimum atomic E-state index is -0.496. The zero-order valence-corrected chi connectivity index (χ0v) is 8.47. The number of aliphatic hydroxyl groups is 1. The fourth-order valence-corrected chi connectivity index (χ4v) is 1.76. The maximum Gasteiger partial charge on any atom is 0.161 e. The molecule has 13 heavy (non-hydrogen) atoms. The Morgan fingerprint density at radius 3 is 2.62 bits per heavy atom. The molecule has 1 N–H and O–H groups in total. The van der Waals surface area contributed by atoms with Crippen LogP contribution in [-0.2, 0) is 4.79 Å². The fraction of sp³-hybridized carbons (Fsp3) is 0.727. The molecule has 1 rings (SSSR count). The summed E-state index contributed by atoms with van der Waals surface area (Å²) in [4.78, 5) is 11.4. The summed E-state index contributed by atoms with van der Waals surface area (Å²) < 4.78 is 0. The third-order valence-corrected chi connectivity index (χ3v) is 2.72. The van der Waals surface area contributed by atoms with Crippen molar-refractivity contribution in [3.63, 3.8) is 0 Å². The maximum absolute atomic E-state index is 11.4. The molecule has 1 aliphatic carbocycles. The van der Waals surface area contributed by atoms with Crippen LogP contribution in [0.1, 0.15) is 46.0 Å². The van der Waals surface area contributed by atoms with Gasteiger partial charge in [0.2, 0.25) is 0 Å². The van der Waals surface area contributed by atoms with E-state index < -0.39 is 6.10 Å². The van der Waals surface area contributed by atoms with Crippen molar-refractivity contribution in [2.75, 3.05) is 0 Å². The van der Waals surface area contributed by atoms with E-state index in [-0.39, 0.29) is 5.78 Å². The predicted molar refractivity (Wildman–Crippen MR) is 52.5 cm³/mol. The Morgan fingerprint density at radius 1 is 1.46 bits per heavy atom. The molecular weight excluding hydrogens is 164 g/mol. The molecule has 0 aliphatic heterocycles. The first-order valence-corrected chi connectivity index (χ1v) is 5.07. The van der Waals surface area contributed by atoms with E-state index in [1.807, 2.05) is 6.92 Å². The van der Waals surface area contributed by atoms with Crippen molar-refractivity contribution in [1.29, 1.82) is 0 Å². The number of unbranched alkanes of at least 4 members (excludes halogenated alkanes) is 2. The molecule has 0 aromatic carbocycles. The molecule has 1 atom stereocenters. The zero-order valence-electron chi connectivity index (χ0n) is 8.47. The lowest BCUT2D eigenvalue weighted by molar-refractivity contribution is -0.116. The summed E-state index contributed by atoms with van der Waals surface area (Å²) in [6, 6.07) is 0. The second-order valence-electron chi connectivity index (χ2n) is 3.76. The first-order valence-electron chi connectivity index (χ1n) is 5.07. The predicted octanol–water partition coefficient (Wildman–Crippen LogP) is 2.22. The molecule has 0 spiro atoms. The largest absolute Gasteiger partial charge is 0.388 e. The summed E-state index contributed by atoms with van der Waals surface area (Å²) in [5.74, 6) is 0.154. The third kappa shape index (κ3) is 2.41. The van der Waals surface area contributed by atoms with Crippen molar-refractivity contribution in [2.45, 2.75) is 52.1 Å². The maximum atomic E-state index is 11.4. The van der Waals surface area contributed by atoms with E-state index in [0.29, 0.717) is 6.42 Å². The Morgan fingerprint density at radius 2 is 2.15 bits per heavy atom. The molecule has 0 saturated carbocycles. The van der Waals surface area contributed by atoms with Gasteiger partial charge in [0.15, 0.2) is 5.78 Å². The average molecular weight is 182 g/mol. The Bertz CT molecular complexity index is 228. The molecule has 0 fully saturated rings. The molecule has 0 radical (unpaired) electrons. The van der Waals surface area contributed by atoms with Crippen LogP contribution in [0, 0.1) is 0 Å². The van der Waals surface area contributed by atoms with Crippen LogP contribution in [-0.4, -0.2) is 17.0 Å². The lowest BCUT2D eigenvalue weighted by Gasteiger charge is -2.02. The smallest absolute Gasteiger partial charge is 0.161 e. The molecule has 0 heterocycles. The number of allylic oxidation sites excluding steroid dienone is 1. The van der Waals surface area contributed by atoms with E-state index in [1.54, 1.807) is 0 Å². The molecular formula is C11H18O2. The highest BCUT2D eigenvalue weighted by Crippen LogP contribution is 2.26. The van der Waals surface area contributed by atoms with Crippen LogP contribution < -0.4 is 0 Å². The number of ketones is 1. The van der Waals surface area contributed by atoms with Crippen LogP contribution >= 0.6 is 0 Å². The van der Waals surface area contributed by atoms with Crippen LogP contribution in [0.25, 0.3) is 0 Å². The average Bonchev–Trinajstić information content (AvgIpc) is 2.32. The van der Waals surface area contributed by atoms with Gasteiger partial charge in [0.05, 0.1) is 6.10 Å². The number of aliphatic hydroxyl groups excluding tert-OH is 1. The first kappa shape index (κ1) is 10.5. The van der Waals surface area contributed by atoms with Crippen LogP contribution in [0.15, 0.2) is 11.1 Å². The van der Waals surface area contributed by atoms with E-state index in [9.17, 15) is 9.90 Å². The van der Waals surface area contributed by atoms with Crippen molar-refractivity contribution in [3.8, 4) is 0 Å². The van der Waals surface area contributed by atoms with Gasteiger partial charge in [-0.25, -0.2) is 0 Å². The van der Waals surface area contributed by atoms with E-state index in [2.05, 4.69) is 6.92 Å². The minimum absolute atomic E-state index is 0.154. The van der Waals surface area contributed by atoms with Gasteiger partial charge in [-0.15, -0.1) is 0 Å². The quantitative estimate of drug-likeness (QED) is 0.677. The minimum Gasteiger partial charge on any atom is -0.388 e. The molecule has 0 saturated heterocycles. The normalized spacial score (nSPS) is 23.0. The summed E-state index contributed by atoms with van der Waals surface area (Å²) >= 11 is 0. The number of carbonyl (C=O) groups is 1. The summed E-state index contributed by atoms with van der Waals surface area (Å²) in [6.45, 7) is 4.02. The zero-order chi connectivity index (χ0) is 9.84. The van der Waals surface area contributed by atoms with Gasteiger partial charge in [-0.1, -0.05) is 19.8 Å². The fourth-order valence-electron chi connectivity index (χ4n) is 1.76. The number of Topliss-reactive ketones (excluding diaryl/α,β-unsaturated/α-hetero) is 1. The van der Waals surface area contributed by atoms with Crippen LogP contribution in [0.3, 0.4) is 0 Å². The van der Waals surface area contributed by atoms with Crippen molar-refractivity contribution < 1.29 is 9.90 Å². The number of rotatable bonds is 4. The molecule has 2 nitrogen and oxygen atoms in total. The van der Waals surface area contributed by atoms with Gasteiger partial charge in [0, 0.05) is 6.42 Å². The molecule has 0 amide bonds. The topological polar surface area (TPSA) is 37.3 Å². The van der Waals surface area contributed by atoms with Crippen molar-refractivity contribution in [2.24, 2.45) is 0 Å². The van der Waals surface area contributed by atoms with Crippen LogP contribution in [0.2, 0.25) is 0 Å². The summed E-state index contributed by atoms with van der Waals surface area (Å²) in [5.41, 5.74) is 1.79. The lowest BCUT2D eigenvalue weighted by Crippen LogP contribution is -2.03. The molecule has 0 unspecified atom stereocenters. The van der Waals surface area contributed by atoms with Gasteiger partial charge < -0.3 is 5.11 Å². The molecule has 74 valence electrons. The van der Waals surface area contributed by atoms with Crippen LogP contribution in [0.4, 0.5) is 0 Å². The van der Waals surface area contributed by atoms with E-state index in [4.69, 9.17) is 0 Å². The Labute approximate surface area is 79.6 Å². The lowest BCUT2D eigenvalue weighted by atomic mass is 10.0. The van der Waals surface area contributed by atoms with E-state index >= 15 is 0 Å². The van der Waals surface area contributed by atoms with Crippen LogP contribution in [0.5, 0.6) is 0 Å². The molecule has 0 bridgehead atoms. The Kier molecular flexibility index (Phi) is 3.67. The summed E-state index contributed by atoms with van der Waals surface area (Å²) in [6.07, 6.45) is 4.08. The molecule has 0 aromatic rings. The van der Waals surface area contributed by atoms with Gasteiger partial charge >= 0.3 is 0 Å².